The van der Waals surface area contributed by atoms with E-state index in [0.717, 1.165) is 12.1 Å². The molecule has 98 valence electrons. The Hall–Kier alpha value is -1.13. The van der Waals surface area contributed by atoms with Crippen LogP contribution in [-0.4, -0.2) is 22.6 Å². The monoisotopic (exact) mass is 268 g/mol. The second-order valence-corrected chi connectivity index (χ2v) is 5.86. The highest BCUT2D eigenvalue weighted by Crippen LogP contribution is 2.33. The maximum atomic E-state index is 12.3. The number of carbonyl (C=O) groups excluding carboxylic acids is 1. The van der Waals surface area contributed by atoms with Crippen molar-refractivity contribution in [2.24, 2.45) is 5.41 Å². The van der Waals surface area contributed by atoms with Crippen LogP contribution in [0.15, 0.2) is 18.3 Å². The maximum Gasteiger partial charge on any atom is 0.252 e. The number of rotatable bonds is 1. The van der Waals surface area contributed by atoms with Crippen molar-refractivity contribution in [2.45, 2.75) is 33.2 Å². The molecule has 0 aromatic carbocycles. The molecule has 2 rings (SSSR count). The first-order chi connectivity index (χ1) is 8.39. The molecule has 0 radical (unpaired) electrons. The molecule has 1 aromatic rings. The first-order valence-electron chi connectivity index (χ1n) is 5.97. The van der Waals surface area contributed by atoms with Gasteiger partial charge < -0.3 is 0 Å². The molecule has 1 aromatic heterocycles. The topological polar surface area (TPSA) is 42.4 Å². The molecule has 0 unspecified atom stereocenters. The number of hydrogen-bond donors (Lipinski definition) is 0. The smallest absolute Gasteiger partial charge is 0.252 e. The van der Waals surface area contributed by atoms with Gasteiger partial charge in [-0.15, -0.1) is 0 Å². The van der Waals surface area contributed by atoms with Gasteiger partial charge in [-0.25, -0.2) is 5.06 Å². The average Bonchev–Trinajstić information content (AvgIpc) is 2.76. The highest BCUT2D eigenvalue weighted by atomic mass is 35.5. The van der Waals surface area contributed by atoms with Gasteiger partial charge in [-0.1, -0.05) is 32.4 Å². The summed E-state index contributed by atoms with van der Waals surface area (Å²) in [7, 11) is 0. The van der Waals surface area contributed by atoms with Crippen molar-refractivity contribution < 1.29 is 9.63 Å². The largest absolute Gasteiger partial charge is 0.272 e. The Morgan fingerprint density at radius 3 is 2.78 bits per heavy atom. The summed E-state index contributed by atoms with van der Waals surface area (Å²) in [4.78, 5) is 22.0. The van der Waals surface area contributed by atoms with Crippen molar-refractivity contribution in [1.29, 1.82) is 0 Å². The Morgan fingerprint density at radius 1 is 1.50 bits per heavy atom. The standard InChI is InChI=1S/C13H17ClN2O2/c1-13(2,3)12(17)16-11(6-7-18-16)10-5-4-9(14)8-15-10/h4-5,8,11H,6-7H2,1-3H3/t11-/m0/s1. The van der Waals surface area contributed by atoms with Gasteiger partial charge >= 0.3 is 0 Å². The van der Waals surface area contributed by atoms with Crippen LogP contribution in [0.2, 0.25) is 5.02 Å². The van der Waals surface area contributed by atoms with Crippen LogP contribution in [0, 0.1) is 5.41 Å². The van der Waals surface area contributed by atoms with Gasteiger partial charge in [-0.3, -0.25) is 14.6 Å². The minimum atomic E-state index is -0.463. The van der Waals surface area contributed by atoms with Gasteiger partial charge in [0.25, 0.3) is 5.91 Å². The van der Waals surface area contributed by atoms with E-state index < -0.39 is 5.41 Å². The van der Waals surface area contributed by atoms with Gasteiger partial charge in [0.05, 0.1) is 17.3 Å². The van der Waals surface area contributed by atoms with Crippen LogP contribution in [0.3, 0.4) is 0 Å². The quantitative estimate of drug-likeness (QED) is 0.786. The number of aromatic nitrogens is 1. The fraction of sp³-hybridized carbons (Fsp3) is 0.538. The summed E-state index contributed by atoms with van der Waals surface area (Å²) in [6.45, 7) is 6.17. The SMILES string of the molecule is CC(C)(C)C(=O)N1OCC[C@H]1c1ccc(Cl)cn1. The number of amides is 1. The van der Waals surface area contributed by atoms with Gasteiger partial charge in [-0.2, -0.15) is 0 Å². The molecule has 1 aliphatic rings. The molecular formula is C13H17ClN2O2. The van der Waals surface area contributed by atoms with Crippen LogP contribution in [-0.2, 0) is 9.63 Å². The van der Waals surface area contributed by atoms with E-state index in [2.05, 4.69) is 4.98 Å². The molecular weight excluding hydrogens is 252 g/mol. The summed E-state index contributed by atoms with van der Waals surface area (Å²) in [5, 5.41) is 2.04. The zero-order chi connectivity index (χ0) is 13.3. The number of pyridine rings is 1. The lowest BCUT2D eigenvalue weighted by atomic mass is 9.94. The van der Waals surface area contributed by atoms with Crippen molar-refractivity contribution in [3.8, 4) is 0 Å². The van der Waals surface area contributed by atoms with E-state index in [1.54, 1.807) is 12.3 Å². The van der Waals surface area contributed by atoms with Crippen molar-refractivity contribution in [1.82, 2.24) is 10.0 Å². The summed E-state index contributed by atoms with van der Waals surface area (Å²) >= 11 is 5.82. The second kappa shape index (κ2) is 4.86. The Bertz CT molecular complexity index is 439. The van der Waals surface area contributed by atoms with Crippen LogP contribution in [0.4, 0.5) is 0 Å². The molecule has 0 bridgehead atoms. The molecule has 1 fully saturated rings. The van der Waals surface area contributed by atoms with Gasteiger partial charge in [0.2, 0.25) is 0 Å². The number of halogens is 1. The van der Waals surface area contributed by atoms with E-state index in [1.807, 2.05) is 26.8 Å². The molecule has 2 heterocycles. The molecule has 1 saturated heterocycles. The van der Waals surface area contributed by atoms with E-state index in [4.69, 9.17) is 16.4 Å². The van der Waals surface area contributed by atoms with E-state index in [-0.39, 0.29) is 11.9 Å². The van der Waals surface area contributed by atoms with E-state index in [0.29, 0.717) is 11.6 Å². The van der Waals surface area contributed by atoms with Crippen molar-refractivity contribution in [2.75, 3.05) is 6.61 Å². The minimum Gasteiger partial charge on any atom is -0.272 e. The maximum absolute atomic E-state index is 12.3. The average molecular weight is 269 g/mol. The zero-order valence-electron chi connectivity index (χ0n) is 10.8. The summed E-state index contributed by atoms with van der Waals surface area (Å²) < 4.78 is 0. The molecule has 0 N–H and O–H groups in total. The molecule has 0 spiro atoms. The Morgan fingerprint density at radius 2 is 2.22 bits per heavy atom. The van der Waals surface area contributed by atoms with Gasteiger partial charge in [0.1, 0.15) is 6.04 Å². The van der Waals surface area contributed by atoms with Crippen molar-refractivity contribution in [3.05, 3.63) is 29.0 Å². The summed E-state index contributed by atoms with van der Waals surface area (Å²) in [5.41, 5.74) is 0.351. The highest BCUT2D eigenvalue weighted by molar-refractivity contribution is 6.30. The summed E-state index contributed by atoms with van der Waals surface area (Å²) in [6.07, 6.45) is 2.35. The van der Waals surface area contributed by atoms with E-state index in [1.165, 1.54) is 5.06 Å². The van der Waals surface area contributed by atoms with Gasteiger partial charge in [0.15, 0.2) is 0 Å². The van der Waals surface area contributed by atoms with Crippen LogP contribution < -0.4 is 0 Å². The molecule has 4 nitrogen and oxygen atoms in total. The third-order valence-corrected chi connectivity index (χ3v) is 3.06. The predicted molar refractivity (Wildman–Crippen MR) is 68.9 cm³/mol. The fourth-order valence-corrected chi connectivity index (χ4v) is 1.96. The van der Waals surface area contributed by atoms with Crippen molar-refractivity contribution in [3.63, 3.8) is 0 Å². The number of nitrogens with zero attached hydrogens (tertiary/aromatic N) is 2. The number of hydroxylamine groups is 2. The van der Waals surface area contributed by atoms with Crippen molar-refractivity contribution >= 4 is 17.5 Å². The molecule has 5 heteroatoms. The number of carbonyl (C=O) groups is 1. The molecule has 1 amide bonds. The van der Waals surface area contributed by atoms with Gasteiger partial charge in [0, 0.05) is 18.0 Å². The van der Waals surface area contributed by atoms with Crippen LogP contribution in [0.5, 0.6) is 0 Å². The zero-order valence-corrected chi connectivity index (χ0v) is 11.6. The van der Waals surface area contributed by atoms with Crippen LogP contribution >= 0.6 is 11.6 Å². The second-order valence-electron chi connectivity index (χ2n) is 5.42. The lowest BCUT2D eigenvalue weighted by Gasteiger charge is -2.28. The summed E-state index contributed by atoms with van der Waals surface area (Å²) in [5.74, 6) is -0.0262. The molecule has 1 aliphatic heterocycles. The highest BCUT2D eigenvalue weighted by Gasteiger charge is 2.37. The minimum absolute atomic E-state index is 0.0262. The van der Waals surface area contributed by atoms with E-state index in [9.17, 15) is 4.79 Å². The lowest BCUT2D eigenvalue weighted by Crippen LogP contribution is -2.38. The van der Waals surface area contributed by atoms with Crippen LogP contribution in [0.25, 0.3) is 0 Å². The number of hydrogen-bond acceptors (Lipinski definition) is 3. The fourth-order valence-electron chi connectivity index (χ4n) is 1.85. The first kappa shape index (κ1) is 13.3. The normalized spacial score (nSPS) is 20.2. The van der Waals surface area contributed by atoms with Gasteiger partial charge in [-0.05, 0) is 12.1 Å². The molecule has 18 heavy (non-hydrogen) atoms. The van der Waals surface area contributed by atoms with E-state index >= 15 is 0 Å². The third-order valence-electron chi connectivity index (χ3n) is 2.84. The Balaban J connectivity index is 2.22. The predicted octanol–water partition coefficient (Wildman–Crippen LogP) is 2.99. The Labute approximate surface area is 112 Å². The summed E-state index contributed by atoms with van der Waals surface area (Å²) in [6, 6.07) is 3.50. The Kier molecular flexibility index (Phi) is 3.59. The third kappa shape index (κ3) is 2.65. The first-order valence-corrected chi connectivity index (χ1v) is 6.35. The molecule has 0 aliphatic carbocycles. The van der Waals surface area contributed by atoms with Crippen LogP contribution in [0.1, 0.15) is 38.9 Å². The molecule has 1 atom stereocenters. The lowest BCUT2D eigenvalue weighted by molar-refractivity contribution is -0.186. The molecule has 0 saturated carbocycles.